The molecule has 172 valence electrons. The molecule has 1 N–H and O–H groups in total. The van der Waals surface area contributed by atoms with Gasteiger partial charge in [0.05, 0.1) is 16.5 Å². The lowest BCUT2D eigenvalue weighted by atomic mass is 10.1. The van der Waals surface area contributed by atoms with Crippen LogP contribution in [0.25, 0.3) is 0 Å². The molecule has 1 amide bonds. The van der Waals surface area contributed by atoms with Crippen LogP contribution < -0.4 is 10.1 Å². The molecule has 0 aliphatic rings. The Balaban J connectivity index is 1.35. The smallest absolute Gasteiger partial charge is 0.271 e. The Labute approximate surface area is 200 Å². The van der Waals surface area contributed by atoms with E-state index in [4.69, 9.17) is 16.3 Å². The van der Waals surface area contributed by atoms with Crippen molar-refractivity contribution in [2.75, 3.05) is 5.32 Å². The molecule has 0 saturated carbocycles. The fourth-order valence-electron chi connectivity index (χ4n) is 3.31. The van der Waals surface area contributed by atoms with Crippen LogP contribution in [-0.4, -0.2) is 20.6 Å². The van der Waals surface area contributed by atoms with Crippen molar-refractivity contribution in [1.82, 2.24) is 9.78 Å². The van der Waals surface area contributed by atoms with Crippen LogP contribution in [0.15, 0.2) is 78.9 Å². The summed E-state index contributed by atoms with van der Waals surface area (Å²) in [5, 5.41) is 18.3. The number of anilines is 1. The number of ether oxygens (including phenoxy) is 1. The molecule has 0 spiro atoms. The summed E-state index contributed by atoms with van der Waals surface area (Å²) in [7, 11) is 0. The summed E-state index contributed by atoms with van der Waals surface area (Å²) in [6, 6.07) is 22.8. The highest BCUT2D eigenvalue weighted by molar-refractivity contribution is 6.32. The number of benzene rings is 3. The van der Waals surface area contributed by atoms with Gasteiger partial charge in [0.1, 0.15) is 12.4 Å². The normalized spacial score (nSPS) is 10.6. The van der Waals surface area contributed by atoms with Gasteiger partial charge in [0.25, 0.3) is 11.6 Å². The maximum Gasteiger partial charge on any atom is 0.271 e. The Morgan fingerprint density at radius 2 is 1.79 bits per heavy atom. The second-order valence-electron chi connectivity index (χ2n) is 7.63. The molecule has 9 heteroatoms. The van der Waals surface area contributed by atoms with Gasteiger partial charge in [0.15, 0.2) is 5.82 Å². The van der Waals surface area contributed by atoms with Crippen molar-refractivity contribution in [2.24, 2.45) is 0 Å². The number of rotatable bonds is 8. The van der Waals surface area contributed by atoms with Gasteiger partial charge in [0, 0.05) is 29.5 Å². The van der Waals surface area contributed by atoms with Gasteiger partial charge in [-0.1, -0.05) is 54.1 Å². The zero-order valence-corrected chi connectivity index (χ0v) is 19.0. The van der Waals surface area contributed by atoms with Gasteiger partial charge < -0.3 is 10.1 Å². The molecule has 0 radical (unpaired) electrons. The maximum atomic E-state index is 12.7. The van der Waals surface area contributed by atoms with E-state index in [2.05, 4.69) is 10.4 Å². The molecule has 4 rings (SSSR count). The van der Waals surface area contributed by atoms with Crippen molar-refractivity contribution >= 4 is 29.0 Å². The number of non-ortho nitro benzene ring substituents is 1. The minimum absolute atomic E-state index is 0.104. The Bertz CT molecular complexity index is 1320. The predicted molar refractivity (Wildman–Crippen MR) is 129 cm³/mol. The van der Waals surface area contributed by atoms with E-state index in [0.717, 1.165) is 16.8 Å². The van der Waals surface area contributed by atoms with Gasteiger partial charge in [-0.3, -0.25) is 19.6 Å². The Kier molecular flexibility index (Phi) is 6.89. The number of amides is 1. The molecule has 3 aromatic carbocycles. The summed E-state index contributed by atoms with van der Waals surface area (Å²) in [6.07, 6.45) is 0. The molecular formula is C25H21ClN4O4. The first-order valence-electron chi connectivity index (χ1n) is 10.4. The van der Waals surface area contributed by atoms with Crippen LogP contribution in [0.2, 0.25) is 5.02 Å². The third kappa shape index (κ3) is 5.60. The Hall–Kier alpha value is -4.17. The van der Waals surface area contributed by atoms with Crippen LogP contribution in [0.5, 0.6) is 5.75 Å². The minimum atomic E-state index is -0.519. The van der Waals surface area contributed by atoms with Gasteiger partial charge in [-0.05, 0) is 36.2 Å². The Morgan fingerprint density at radius 3 is 2.47 bits per heavy atom. The number of nitrogens with one attached hydrogen (secondary N) is 1. The van der Waals surface area contributed by atoms with E-state index < -0.39 is 4.92 Å². The molecular weight excluding hydrogens is 456 g/mol. The lowest BCUT2D eigenvalue weighted by Gasteiger charge is -2.09. The average molecular weight is 477 g/mol. The monoisotopic (exact) mass is 476 g/mol. The van der Waals surface area contributed by atoms with Crippen LogP contribution in [0, 0.1) is 17.0 Å². The molecule has 34 heavy (non-hydrogen) atoms. The van der Waals surface area contributed by atoms with Crippen LogP contribution >= 0.6 is 11.6 Å². The van der Waals surface area contributed by atoms with Crippen molar-refractivity contribution in [1.29, 1.82) is 0 Å². The quantitative estimate of drug-likeness (QED) is 0.262. The second-order valence-corrected chi connectivity index (χ2v) is 8.03. The molecule has 0 aliphatic heterocycles. The molecule has 0 bridgehead atoms. The SMILES string of the molecule is Cc1cc(NC(=O)c2ccc(COc3ccc([N+](=O)[O-])cc3Cl)cc2)nn1Cc1ccccc1. The molecule has 1 heterocycles. The number of aromatic nitrogens is 2. The maximum absolute atomic E-state index is 12.7. The number of hydrogen-bond acceptors (Lipinski definition) is 5. The van der Waals surface area contributed by atoms with Crippen LogP contribution in [0.3, 0.4) is 0 Å². The van der Waals surface area contributed by atoms with E-state index in [1.165, 1.54) is 18.2 Å². The number of nitrogens with zero attached hydrogens (tertiary/aromatic N) is 3. The highest BCUT2D eigenvalue weighted by Crippen LogP contribution is 2.29. The molecule has 0 aliphatic carbocycles. The lowest BCUT2D eigenvalue weighted by molar-refractivity contribution is -0.384. The largest absolute Gasteiger partial charge is 0.487 e. The van der Waals surface area contributed by atoms with Crippen LogP contribution in [-0.2, 0) is 13.2 Å². The van der Waals surface area contributed by atoms with Gasteiger partial charge in [0.2, 0.25) is 0 Å². The van der Waals surface area contributed by atoms with Crippen molar-refractivity contribution in [2.45, 2.75) is 20.1 Å². The lowest BCUT2D eigenvalue weighted by Crippen LogP contribution is -2.13. The van der Waals surface area contributed by atoms with Crippen LogP contribution in [0.4, 0.5) is 11.5 Å². The summed E-state index contributed by atoms with van der Waals surface area (Å²) in [6.45, 7) is 2.76. The van der Waals surface area contributed by atoms with Crippen molar-refractivity contribution in [3.63, 3.8) is 0 Å². The first-order chi connectivity index (χ1) is 16.4. The number of halogens is 1. The van der Waals surface area contributed by atoms with Crippen LogP contribution in [0.1, 0.15) is 27.2 Å². The number of hydrogen-bond donors (Lipinski definition) is 1. The zero-order valence-electron chi connectivity index (χ0n) is 18.3. The second kappa shape index (κ2) is 10.2. The van der Waals surface area contributed by atoms with Gasteiger partial charge in [-0.2, -0.15) is 5.10 Å². The number of carbonyl (C=O) groups is 1. The fourth-order valence-corrected chi connectivity index (χ4v) is 3.54. The average Bonchev–Trinajstić information content (AvgIpc) is 3.17. The molecule has 1 aromatic heterocycles. The minimum Gasteiger partial charge on any atom is -0.487 e. The highest BCUT2D eigenvalue weighted by Gasteiger charge is 2.12. The van der Waals surface area contributed by atoms with Crippen molar-refractivity contribution in [3.8, 4) is 5.75 Å². The molecule has 0 saturated heterocycles. The number of carbonyl (C=O) groups excluding carboxylic acids is 1. The van der Waals surface area contributed by atoms with E-state index >= 15 is 0 Å². The molecule has 4 aromatic rings. The first kappa shape index (κ1) is 23.0. The summed E-state index contributed by atoms with van der Waals surface area (Å²) in [5.74, 6) is 0.560. The summed E-state index contributed by atoms with van der Waals surface area (Å²) >= 11 is 6.05. The Morgan fingerprint density at radius 1 is 1.06 bits per heavy atom. The van der Waals surface area contributed by atoms with Gasteiger partial charge in [-0.25, -0.2) is 0 Å². The van der Waals surface area contributed by atoms with Crippen molar-refractivity contribution < 1.29 is 14.5 Å². The van der Waals surface area contributed by atoms with Gasteiger partial charge in [-0.15, -0.1) is 0 Å². The van der Waals surface area contributed by atoms with Crippen molar-refractivity contribution in [3.05, 3.63) is 116 Å². The number of nitro benzene ring substituents is 1. The van der Waals surface area contributed by atoms with E-state index in [1.807, 2.05) is 48.0 Å². The van der Waals surface area contributed by atoms with E-state index in [9.17, 15) is 14.9 Å². The third-order valence-corrected chi connectivity index (χ3v) is 5.43. The zero-order chi connectivity index (χ0) is 24.1. The summed E-state index contributed by atoms with van der Waals surface area (Å²) in [4.78, 5) is 22.9. The topological polar surface area (TPSA) is 99.3 Å². The fraction of sp³-hybridized carbons (Fsp3) is 0.120. The third-order valence-electron chi connectivity index (χ3n) is 5.13. The number of nitro groups is 1. The molecule has 0 atom stereocenters. The number of aryl methyl sites for hydroxylation is 1. The molecule has 0 unspecified atom stereocenters. The summed E-state index contributed by atoms with van der Waals surface area (Å²) < 4.78 is 7.49. The predicted octanol–water partition coefficient (Wildman–Crippen LogP) is 5.63. The summed E-state index contributed by atoms with van der Waals surface area (Å²) in [5.41, 5.74) is 3.25. The standard InChI is InChI=1S/C25H21ClN4O4/c1-17-13-24(28-29(17)15-18-5-3-2-4-6-18)27-25(31)20-9-7-19(8-10-20)16-34-23-12-11-21(30(32)33)14-22(23)26/h2-14H,15-16H2,1H3,(H,27,28,31). The van der Waals surface area contributed by atoms with E-state index in [1.54, 1.807) is 24.3 Å². The first-order valence-corrected chi connectivity index (χ1v) is 10.8. The molecule has 0 fully saturated rings. The van der Waals surface area contributed by atoms with E-state index in [0.29, 0.717) is 23.7 Å². The highest BCUT2D eigenvalue weighted by atomic mass is 35.5. The van der Waals surface area contributed by atoms with Gasteiger partial charge >= 0.3 is 0 Å². The van der Waals surface area contributed by atoms with E-state index in [-0.39, 0.29) is 23.2 Å². The molecule has 8 nitrogen and oxygen atoms in total.